The van der Waals surface area contributed by atoms with Gasteiger partial charge in [0.1, 0.15) is 17.5 Å². The number of benzene rings is 2. The van der Waals surface area contributed by atoms with Crippen molar-refractivity contribution in [3.63, 3.8) is 0 Å². The summed E-state index contributed by atoms with van der Waals surface area (Å²) in [5, 5.41) is 15.8. The van der Waals surface area contributed by atoms with Crippen molar-refractivity contribution >= 4 is 11.9 Å². The first-order chi connectivity index (χ1) is 13.0. The summed E-state index contributed by atoms with van der Waals surface area (Å²) in [6, 6.07) is 15.8. The second kappa shape index (κ2) is 7.86. The van der Waals surface area contributed by atoms with E-state index in [2.05, 4.69) is 10.5 Å². The molecule has 1 atom stereocenters. The Balaban J connectivity index is 1.88. The third-order valence-electron chi connectivity index (χ3n) is 4.36. The Morgan fingerprint density at radius 3 is 2.33 bits per heavy atom. The standard InChI is InChI=1S/C21H20N2O4/c1-3-17(21(25)26)22-20(24)16-11-9-14(10-12-16)18-13(2)27-23-19(18)15-7-5-4-6-8-15/h4-12,17H,3H2,1-2H3,(H,22,24)(H,25,26). The van der Waals surface area contributed by atoms with E-state index in [-0.39, 0.29) is 0 Å². The lowest BCUT2D eigenvalue weighted by Crippen LogP contribution is -2.40. The lowest BCUT2D eigenvalue weighted by Gasteiger charge is -2.12. The molecule has 1 aromatic heterocycles. The highest BCUT2D eigenvalue weighted by Crippen LogP contribution is 2.34. The van der Waals surface area contributed by atoms with Crippen molar-refractivity contribution in [2.45, 2.75) is 26.3 Å². The molecule has 0 aliphatic carbocycles. The minimum Gasteiger partial charge on any atom is -0.480 e. The van der Waals surface area contributed by atoms with Crippen LogP contribution in [0.2, 0.25) is 0 Å². The fraction of sp³-hybridized carbons (Fsp3) is 0.190. The predicted octanol–water partition coefficient (Wildman–Crippen LogP) is 3.91. The molecular weight excluding hydrogens is 344 g/mol. The first kappa shape index (κ1) is 18.4. The Hall–Kier alpha value is -3.41. The van der Waals surface area contributed by atoms with Crippen LogP contribution in [0.25, 0.3) is 22.4 Å². The van der Waals surface area contributed by atoms with E-state index in [0.29, 0.717) is 17.7 Å². The molecule has 1 amide bonds. The molecule has 1 heterocycles. The zero-order valence-electron chi connectivity index (χ0n) is 15.1. The Labute approximate surface area is 156 Å². The van der Waals surface area contributed by atoms with Gasteiger partial charge in [-0.25, -0.2) is 4.79 Å². The summed E-state index contributed by atoms with van der Waals surface area (Å²) >= 11 is 0. The zero-order valence-corrected chi connectivity index (χ0v) is 15.1. The molecule has 2 N–H and O–H groups in total. The fourth-order valence-corrected chi connectivity index (χ4v) is 2.87. The maximum absolute atomic E-state index is 12.3. The number of aliphatic carboxylic acids is 1. The minimum atomic E-state index is -1.05. The number of hydrogen-bond donors (Lipinski definition) is 2. The number of rotatable bonds is 6. The van der Waals surface area contributed by atoms with Crippen molar-refractivity contribution in [3.05, 3.63) is 65.9 Å². The molecule has 0 aliphatic heterocycles. The van der Waals surface area contributed by atoms with E-state index in [1.54, 1.807) is 19.1 Å². The highest BCUT2D eigenvalue weighted by Gasteiger charge is 2.20. The second-order valence-electron chi connectivity index (χ2n) is 6.18. The van der Waals surface area contributed by atoms with Gasteiger partial charge in [0.15, 0.2) is 0 Å². The van der Waals surface area contributed by atoms with Crippen molar-refractivity contribution in [2.24, 2.45) is 0 Å². The third-order valence-corrected chi connectivity index (χ3v) is 4.36. The van der Waals surface area contributed by atoms with Gasteiger partial charge in [-0.05, 0) is 31.0 Å². The second-order valence-corrected chi connectivity index (χ2v) is 6.18. The lowest BCUT2D eigenvalue weighted by molar-refractivity contribution is -0.139. The zero-order chi connectivity index (χ0) is 19.4. The SMILES string of the molecule is CCC(NC(=O)c1ccc(-c2c(-c3ccccc3)noc2C)cc1)C(=O)O. The van der Waals surface area contributed by atoms with E-state index >= 15 is 0 Å². The number of aromatic nitrogens is 1. The van der Waals surface area contributed by atoms with Crippen LogP contribution in [0.15, 0.2) is 59.1 Å². The number of amides is 1. The molecule has 0 saturated carbocycles. The number of carboxylic acid groups (broad SMARTS) is 1. The largest absolute Gasteiger partial charge is 0.480 e. The monoisotopic (exact) mass is 364 g/mol. The molecular formula is C21H20N2O4. The molecule has 3 aromatic rings. The van der Waals surface area contributed by atoms with E-state index < -0.39 is 17.9 Å². The van der Waals surface area contributed by atoms with Crippen LogP contribution >= 0.6 is 0 Å². The highest BCUT2D eigenvalue weighted by atomic mass is 16.5. The molecule has 27 heavy (non-hydrogen) atoms. The quantitative estimate of drug-likeness (QED) is 0.692. The number of carbonyl (C=O) groups excluding carboxylic acids is 1. The Kier molecular flexibility index (Phi) is 5.35. The maximum Gasteiger partial charge on any atom is 0.326 e. The van der Waals surface area contributed by atoms with Crippen molar-refractivity contribution in [1.29, 1.82) is 0 Å². The number of aryl methyl sites for hydroxylation is 1. The predicted molar refractivity (Wildman–Crippen MR) is 101 cm³/mol. The van der Waals surface area contributed by atoms with Gasteiger partial charge in [-0.2, -0.15) is 0 Å². The van der Waals surface area contributed by atoms with Crippen LogP contribution < -0.4 is 5.32 Å². The van der Waals surface area contributed by atoms with Gasteiger partial charge in [0, 0.05) is 11.1 Å². The van der Waals surface area contributed by atoms with Gasteiger partial charge in [-0.1, -0.05) is 54.5 Å². The Morgan fingerprint density at radius 1 is 1.07 bits per heavy atom. The molecule has 138 valence electrons. The van der Waals surface area contributed by atoms with Crippen LogP contribution in [0.4, 0.5) is 0 Å². The molecule has 6 nitrogen and oxygen atoms in total. The van der Waals surface area contributed by atoms with E-state index in [1.165, 1.54) is 0 Å². The molecule has 0 spiro atoms. The number of carboxylic acids is 1. The average molecular weight is 364 g/mol. The summed E-state index contributed by atoms with van der Waals surface area (Å²) in [4.78, 5) is 23.4. The van der Waals surface area contributed by atoms with Gasteiger partial charge in [-0.3, -0.25) is 4.79 Å². The summed E-state index contributed by atoms with van der Waals surface area (Å²) in [5.74, 6) is -0.779. The van der Waals surface area contributed by atoms with E-state index in [9.17, 15) is 9.59 Å². The smallest absolute Gasteiger partial charge is 0.326 e. The van der Waals surface area contributed by atoms with Crippen molar-refractivity contribution in [1.82, 2.24) is 10.5 Å². The van der Waals surface area contributed by atoms with Gasteiger partial charge in [-0.15, -0.1) is 0 Å². The number of nitrogens with one attached hydrogen (secondary N) is 1. The Morgan fingerprint density at radius 2 is 1.74 bits per heavy atom. The topological polar surface area (TPSA) is 92.4 Å². The molecule has 6 heteroatoms. The van der Waals surface area contributed by atoms with Crippen LogP contribution in [-0.4, -0.2) is 28.2 Å². The van der Waals surface area contributed by atoms with Crippen molar-refractivity contribution in [3.8, 4) is 22.4 Å². The average Bonchev–Trinajstić information content (AvgIpc) is 3.08. The molecule has 2 aromatic carbocycles. The van der Waals surface area contributed by atoms with Gasteiger partial charge in [0.25, 0.3) is 5.91 Å². The van der Waals surface area contributed by atoms with Crippen LogP contribution in [0, 0.1) is 6.92 Å². The maximum atomic E-state index is 12.3. The number of hydrogen-bond acceptors (Lipinski definition) is 4. The van der Waals surface area contributed by atoms with Gasteiger partial charge >= 0.3 is 5.97 Å². The molecule has 0 aliphatic rings. The van der Waals surface area contributed by atoms with Crippen LogP contribution in [0.5, 0.6) is 0 Å². The highest BCUT2D eigenvalue weighted by molar-refractivity contribution is 5.97. The summed E-state index contributed by atoms with van der Waals surface area (Å²) in [6.45, 7) is 3.55. The molecule has 3 rings (SSSR count). The van der Waals surface area contributed by atoms with E-state index in [0.717, 1.165) is 22.4 Å². The minimum absolute atomic E-state index is 0.319. The van der Waals surface area contributed by atoms with Crippen molar-refractivity contribution < 1.29 is 19.2 Å². The molecule has 0 saturated heterocycles. The molecule has 0 bridgehead atoms. The number of nitrogens with zero attached hydrogens (tertiary/aromatic N) is 1. The molecule has 0 radical (unpaired) electrons. The lowest BCUT2D eigenvalue weighted by atomic mass is 9.98. The van der Waals surface area contributed by atoms with Crippen LogP contribution in [-0.2, 0) is 4.79 Å². The van der Waals surface area contributed by atoms with Gasteiger partial charge in [0.2, 0.25) is 0 Å². The van der Waals surface area contributed by atoms with Crippen LogP contribution in [0.3, 0.4) is 0 Å². The third kappa shape index (κ3) is 3.89. The summed E-state index contributed by atoms with van der Waals surface area (Å²) in [6.07, 6.45) is 0.319. The number of carbonyl (C=O) groups is 2. The van der Waals surface area contributed by atoms with Gasteiger partial charge in [0.05, 0.1) is 5.56 Å². The normalized spacial score (nSPS) is 11.8. The fourth-order valence-electron chi connectivity index (χ4n) is 2.87. The van der Waals surface area contributed by atoms with Gasteiger partial charge < -0.3 is 14.9 Å². The van der Waals surface area contributed by atoms with E-state index in [1.807, 2.05) is 49.4 Å². The van der Waals surface area contributed by atoms with Crippen molar-refractivity contribution in [2.75, 3.05) is 0 Å². The molecule has 0 fully saturated rings. The summed E-state index contributed by atoms with van der Waals surface area (Å²) in [7, 11) is 0. The Bertz CT molecular complexity index is 946. The first-order valence-electron chi connectivity index (χ1n) is 8.67. The summed E-state index contributed by atoms with van der Waals surface area (Å²) < 4.78 is 5.38. The van der Waals surface area contributed by atoms with Crippen LogP contribution in [0.1, 0.15) is 29.5 Å². The summed E-state index contributed by atoms with van der Waals surface area (Å²) in [5.41, 5.74) is 3.81. The first-order valence-corrected chi connectivity index (χ1v) is 8.67. The van der Waals surface area contributed by atoms with E-state index in [4.69, 9.17) is 9.63 Å². The molecule has 1 unspecified atom stereocenters.